The summed E-state index contributed by atoms with van der Waals surface area (Å²) < 4.78 is 16.3. The molecule has 1 amide bonds. The summed E-state index contributed by atoms with van der Waals surface area (Å²) in [5.74, 6) is 1.88. The molecular weight excluding hydrogens is 344 g/mol. The monoisotopic (exact) mass is 358 g/mol. The first-order chi connectivity index (χ1) is 12.2. The summed E-state index contributed by atoms with van der Waals surface area (Å²) in [4.78, 5) is 18.0. The lowest BCUT2D eigenvalue weighted by molar-refractivity contribution is -0.134. The first kappa shape index (κ1) is 15.8. The number of pyridine rings is 1. The Morgan fingerprint density at radius 3 is 2.88 bits per heavy atom. The van der Waals surface area contributed by atoms with Crippen molar-refractivity contribution in [1.82, 2.24) is 9.88 Å². The molecule has 1 aromatic heterocycles. The molecule has 6 nitrogen and oxygen atoms in total. The summed E-state index contributed by atoms with van der Waals surface area (Å²) in [7, 11) is 0. The van der Waals surface area contributed by atoms with Crippen molar-refractivity contribution < 1.29 is 19.0 Å². The molecular formula is C18H15ClN2O4. The second kappa shape index (κ2) is 6.64. The standard InChI is InChI=1S/C18H15ClN2O4/c19-13-3-5-17(20-8-13)25-14-9-21(10-14)18(22)6-2-12-1-4-15-16(7-12)24-11-23-15/h1-8,14H,9-11H2/b6-2+. The third kappa shape index (κ3) is 3.53. The van der Waals surface area contributed by atoms with Gasteiger partial charge in [-0.05, 0) is 29.8 Å². The van der Waals surface area contributed by atoms with E-state index in [1.807, 2.05) is 18.2 Å². The smallest absolute Gasteiger partial charge is 0.246 e. The Hall–Kier alpha value is -2.73. The predicted molar refractivity (Wildman–Crippen MR) is 91.8 cm³/mol. The second-order valence-electron chi connectivity index (χ2n) is 5.74. The number of aromatic nitrogens is 1. The van der Waals surface area contributed by atoms with E-state index >= 15 is 0 Å². The summed E-state index contributed by atoms with van der Waals surface area (Å²) >= 11 is 5.78. The maximum atomic E-state index is 12.2. The van der Waals surface area contributed by atoms with Crippen LogP contribution in [0, 0.1) is 0 Å². The fourth-order valence-electron chi connectivity index (χ4n) is 2.59. The van der Waals surface area contributed by atoms with E-state index in [0.29, 0.717) is 29.7 Å². The van der Waals surface area contributed by atoms with Crippen LogP contribution in [0.5, 0.6) is 17.4 Å². The lowest BCUT2D eigenvalue weighted by atomic mass is 10.1. The first-order valence-electron chi connectivity index (χ1n) is 7.82. The van der Waals surface area contributed by atoms with Crippen LogP contribution in [0.4, 0.5) is 0 Å². The molecule has 0 saturated carbocycles. The lowest BCUT2D eigenvalue weighted by Crippen LogP contribution is -2.55. The zero-order chi connectivity index (χ0) is 17.2. The van der Waals surface area contributed by atoms with Crippen molar-refractivity contribution in [2.45, 2.75) is 6.10 Å². The van der Waals surface area contributed by atoms with Crippen LogP contribution in [0.3, 0.4) is 0 Å². The number of amides is 1. The Kier molecular flexibility index (Phi) is 4.19. The minimum absolute atomic E-state index is 0.0448. The van der Waals surface area contributed by atoms with Crippen LogP contribution in [0.15, 0.2) is 42.6 Å². The number of hydrogen-bond acceptors (Lipinski definition) is 5. The Morgan fingerprint density at radius 1 is 1.24 bits per heavy atom. The van der Waals surface area contributed by atoms with Crippen LogP contribution in [-0.4, -0.2) is 41.8 Å². The first-order valence-corrected chi connectivity index (χ1v) is 8.20. The highest BCUT2D eigenvalue weighted by atomic mass is 35.5. The zero-order valence-corrected chi connectivity index (χ0v) is 14.0. The molecule has 4 rings (SSSR count). The topological polar surface area (TPSA) is 60.9 Å². The third-order valence-corrected chi connectivity index (χ3v) is 4.19. The van der Waals surface area contributed by atoms with Gasteiger partial charge in [-0.3, -0.25) is 4.79 Å². The highest BCUT2D eigenvalue weighted by molar-refractivity contribution is 6.30. The van der Waals surface area contributed by atoms with Gasteiger partial charge in [0.05, 0.1) is 18.1 Å². The largest absolute Gasteiger partial charge is 0.471 e. The predicted octanol–water partition coefficient (Wildman–Crippen LogP) is 2.77. The van der Waals surface area contributed by atoms with Crippen molar-refractivity contribution in [2.24, 2.45) is 0 Å². The molecule has 2 aliphatic heterocycles. The molecule has 0 unspecified atom stereocenters. The summed E-state index contributed by atoms with van der Waals surface area (Å²) in [6, 6.07) is 9.00. The number of halogens is 1. The average molecular weight is 359 g/mol. The van der Waals surface area contributed by atoms with E-state index in [1.165, 1.54) is 6.20 Å². The number of rotatable bonds is 4. The number of carbonyl (C=O) groups excluding carboxylic acids is 1. The van der Waals surface area contributed by atoms with Gasteiger partial charge in [0.15, 0.2) is 11.5 Å². The van der Waals surface area contributed by atoms with Crippen molar-refractivity contribution in [2.75, 3.05) is 19.9 Å². The maximum absolute atomic E-state index is 12.2. The molecule has 25 heavy (non-hydrogen) atoms. The summed E-state index contributed by atoms with van der Waals surface area (Å²) in [5, 5.41) is 0.561. The van der Waals surface area contributed by atoms with Gasteiger partial charge in [0.25, 0.3) is 0 Å². The van der Waals surface area contributed by atoms with E-state index in [1.54, 1.807) is 29.2 Å². The van der Waals surface area contributed by atoms with Gasteiger partial charge in [-0.2, -0.15) is 0 Å². The molecule has 128 valence electrons. The highest BCUT2D eigenvalue weighted by Crippen LogP contribution is 2.32. The summed E-state index contributed by atoms with van der Waals surface area (Å²) in [6.45, 7) is 1.31. The fourth-order valence-corrected chi connectivity index (χ4v) is 2.70. The van der Waals surface area contributed by atoms with Crippen LogP contribution in [0.1, 0.15) is 5.56 Å². The lowest BCUT2D eigenvalue weighted by Gasteiger charge is -2.38. The van der Waals surface area contributed by atoms with Crippen molar-refractivity contribution in [3.8, 4) is 17.4 Å². The molecule has 0 bridgehead atoms. The number of hydrogen-bond donors (Lipinski definition) is 0. The van der Waals surface area contributed by atoms with Crippen molar-refractivity contribution in [3.05, 3.63) is 53.2 Å². The molecule has 0 N–H and O–H groups in total. The minimum Gasteiger partial charge on any atom is -0.471 e. The quantitative estimate of drug-likeness (QED) is 0.786. The van der Waals surface area contributed by atoms with Gasteiger partial charge in [0, 0.05) is 18.3 Å². The van der Waals surface area contributed by atoms with E-state index in [2.05, 4.69) is 4.98 Å². The average Bonchev–Trinajstić information content (AvgIpc) is 3.05. The van der Waals surface area contributed by atoms with Crippen molar-refractivity contribution >= 4 is 23.6 Å². The van der Waals surface area contributed by atoms with Crippen LogP contribution >= 0.6 is 11.6 Å². The molecule has 1 aromatic carbocycles. The van der Waals surface area contributed by atoms with Crippen LogP contribution in [0.25, 0.3) is 6.08 Å². The second-order valence-corrected chi connectivity index (χ2v) is 6.18. The Morgan fingerprint density at radius 2 is 2.08 bits per heavy atom. The number of fused-ring (bicyclic) bond motifs is 1. The molecule has 0 radical (unpaired) electrons. The van der Waals surface area contributed by atoms with Crippen molar-refractivity contribution in [1.29, 1.82) is 0 Å². The van der Waals surface area contributed by atoms with E-state index in [0.717, 1.165) is 11.3 Å². The number of likely N-dealkylation sites (tertiary alicyclic amines) is 1. The Labute approximate surface area is 149 Å². The van der Waals surface area contributed by atoms with E-state index in [4.69, 9.17) is 25.8 Å². The van der Waals surface area contributed by atoms with Crippen molar-refractivity contribution in [3.63, 3.8) is 0 Å². The van der Waals surface area contributed by atoms with Crippen LogP contribution in [0.2, 0.25) is 5.02 Å². The van der Waals surface area contributed by atoms with Crippen LogP contribution < -0.4 is 14.2 Å². The Balaban J connectivity index is 1.29. The van der Waals surface area contributed by atoms with Gasteiger partial charge in [-0.15, -0.1) is 0 Å². The fraction of sp³-hybridized carbons (Fsp3) is 0.222. The molecule has 1 saturated heterocycles. The highest BCUT2D eigenvalue weighted by Gasteiger charge is 2.31. The molecule has 2 aromatic rings. The van der Waals surface area contributed by atoms with Crippen LogP contribution in [-0.2, 0) is 4.79 Å². The molecule has 1 fully saturated rings. The zero-order valence-electron chi connectivity index (χ0n) is 13.2. The van der Waals surface area contributed by atoms with Gasteiger partial charge in [0.1, 0.15) is 6.10 Å². The van der Waals surface area contributed by atoms with Gasteiger partial charge in [-0.25, -0.2) is 4.98 Å². The van der Waals surface area contributed by atoms with Gasteiger partial charge in [0.2, 0.25) is 18.6 Å². The normalized spacial score (nSPS) is 16.1. The summed E-state index contributed by atoms with van der Waals surface area (Å²) in [6.07, 6.45) is 4.80. The number of nitrogens with zero attached hydrogens (tertiary/aromatic N) is 2. The van der Waals surface area contributed by atoms with Gasteiger partial charge in [-0.1, -0.05) is 17.7 Å². The molecule has 0 atom stereocenters. The van der Waals surface area contributed by atoms with Gasteiger partial charge >= 0.3 is 0 Å². The minimum atomic E-state index is -0.0541. The number of benzene rings is 1. The number of carbonyl (C=O) groups is 1. The van der Waals surface area contributed by atoms with E-state index in [9.17, 15) is 4.79 Å². The Bertz CT molecular complexity index is 816. The summed E-state index contributed by atoms with van der Waals surface area (Å²) in [5.41, 5.74) is 0.885. The number of ether oxygens (including phenoxy) is 3. The SMILES string of the molecule is O=C(/C=C/c1ccc2c(c1)OCO2)N1CC(Oc2ccc(Cl)cn2)C1. The van der Waals surface area contributed by atoms with Gasteiger partial charge < -0.3 is 19.1 Å². The molecule has 0 spiro atoms. The molecule has 2 aliphatic rings. The maximum Gasteiger partial charge on any atom is 0.246 e. The molecule has 3 heterocycles. The van der Waals surface area contributed by atoms with E-state index in [-0.39, 0.29) is 18.8 Å². The third-order valence-electron chi connectivity index (χ3n) is 3.96. The molecule has 7 heteroatoms. The van der Waals surface area contributed by atoms with E-state index < -0.39 is 0 Å². The molecule has 0 aliphatic carbocycles.